The van der Waals surface area contributed by atoms with Crippen LogP contribution in [0.1, 0.15) is 16.7 Å². The monoisotopic (exact) mass is 317 g/mol. The van der Waals surface area contributed by atoms with E-state index in [1.165, 1.54) is 0 Å². The molecule has 1 atom stereocenters. The van der Waals surface area contributed by atoms with Crippen LogP contribution in [0.5, 0.6) is 5.75 Å². The Hall–Kier alpha value is -1.85. The summed E-state index contributed by atoms with van der Waals surface area (Å²) >= 11 is 0. The fourth-order valence-electron chi connectivity index (χ4n) is 2.88. The molecule has 0 saturated carbocycles. The SMILES string of the molecule is Cc1cc(OCC2CNCCOC2)c2c(C)c(C)c(=O)oc2c1. The average Bonchev–Trinajstić information content (AvgIpc) is 2.78. The number of fused-ring (bicyclic) bond motifs is 1. The minimum Gasteiger partial charge on any atom is -0.492 e. The van der Waals surface area contributed by atoms with E-state index in [4.69, 9.17) is 13.9 Å². The molecule has 2 aromatic rings. The van der Waals surface area contributed by atoms with Gasteiger partial charge in [-0.15, -0.1) is 0 Å². The summed E-state index contributed by atoms with van der Waals surface area (Å²) in [6.45, 7) is 9.47. The molecule has 1 unspecified atom stereocenters. The highest BCUT2D eigenvalue weighted by Gasteiger charge is 2.17. The number of nitrogens with one attached hydrogen (secondary N) is 1. The molecule has 5 nitrogen and oxygen atoms in total. The van der Waals surface area contributed by atoms with Gasteiger partial charge in [-0.05, 0) is 44.0 Å². The molecule has 5 heteroatoms. The van der Waals surface area contributed by atoms with Gasteiger partial charge in [0.25, 0.3) is 0 Å². The molecule has 1 aliphatic heterocycles. The van der Waals surface area contributed by atoms with Crippen molar-refractivity contribution in [1.82, 2.24) is 5.32 Å². The lowest BCUT2D eigenvalue weighted by Gasteiger charge is -2.17. The summed E-state index contributed by atoms with van der Waals surface area (Å²) in [6, 6.07) is 3.88. The minimum atomic E-state index is -0.284. The van der Waals surface area contributed by atoms with E-state index in [9.17, 15) is 4.79 Å². The maximum atomic E-state index is 11.9. The van der Waals surface area contributed by atoms with E-state index < -0.39 is 0 Å². The number of ether oxygens (including phenoxy) is 2. The quantitative estimate of drug-likeness (QED) is 0.881. The Morgan fingerprint density at radius 2 is 2.09 bits per heavy atom. The number of hydrogen-bond donors (Lipinski definition) is 1. The smallest absolute Gasteiger partial charge is 0.339 e. The molecule has 1 aromatic carbocycles. The van der Waals surface area contributed by atoms with Gasteiger partial charge < -0.3 is 19.2 Å². The van der Waals surface area contributed by atoms with Gasteiger partial charge in [0.1, 0.15) is 11.3 Å². The molecule has 3 rings (SSSR count). The van der Waals surface area contributed by atoms with Crippen molar-refractivity contribution < 1.29 is 13.9 Å². The molecule has 124 valence electrons. The van der Waals surface area contributed by atoms with Crippen molar-refractivity contribution >= 4 is 11.0 Å². The predicted molar refractivity (Wildman–Crippen MR) is 89.4 cm³/mol. The summed E-state index contributed by atoms with van der Waals surface area (Å²) < 4.78 is 17.1. The molecule has 1 fully saturated rings. The van der Waals surface area contributed by atoms with Gasteiger partial charge in [-0.3, -0.25) is 0 Å². The fraction of sp³-hybridized carbons (Fsp3) is 0.500. The zero-order valence-electron chi connectivity index (χ0n) is 13.9. The van der Waals surface area contributed by atoms with Crippen molar-refractivity contribution in [3.05, 3.63) is 39.2 Å². The van der Waals surface area contributed by atoms with E-state index in [1.54, 1.807) is 6.92 Å². The van der Waals surface area contributed by atoms with Gasteiger partial charge in [-0.25, -0.2) is 4.79 Å². The van der Waals surface area contributed by atoms with Gasteiger partial charge in [0.15, 0.2) is 0 Å². The first-order valence-corrected chi connectivity index (χ1v) is 8.02. The molecule has 0 amide bonds. The molecule has 1 N–H and O–H groups in total. The zero-order valence-corrected chi connectivity index (χ0v) is 13.9. The Morgan fingerprint density at radius 1 is 1.26 bits per heavy atom. The molecule has 1 saturated heterocycles. The van der Waals surface area contributed by atoms with Crippen LogP contribution in [-0.4, -0.2) is 32.9 Å². The van der Waals surface area contributed by atoms with E-state index >= 15 is 0 Å². The highest BCUT2D eigenvalue weighted by atomic mass is 16.5. The third-order valence-corrected chi connectivity index (χ3v) is 4.34. The van der Waals surface area contributed by atoms with Crippen LogP contribution in [0, 0.1) is 26.7 Å². The van der Waals surface area contributed by atoms with Gasteiger partial charge in [-0.1, -0.05) is 0 Å². The van der Waals surface area contributed by atoms with Gasteiger partial charge in [-0.2, -0.15) is 0 Å². The van der Waals surface area contributed by atoms with Crippen molar-refractivity contribution in [2.45, 2.75) is 20.8 Å². The molecule has 0 spiro atoms. The zero-order chi connectivity index (χ0) is 16.4. The first kappa shape index (κ1) is 16.0. The molecular weight excluding hydrogens is 294 g/mol. The maximum Gasteiger partial charge on any atom is 0.339 e. The summed E-state index contributed by atoms with van der Waals surface area (Å²) in [7, 11) is 0. The van der Waals surface area contributed by atoms with E-state index in [-0.39, 0.29) is 5.63 Å². The number of hydrogen-bond acceptors (Lipinski definition) is 5. The Labute approximate surface area is 135 Å². The Kier molecular flexibility index (Phi) is 4.68. The van der Waals surface area contributed by atoms with Crippen molar-refractivity contribution in [2.75, 3.05) is 32.9 Å². The summed E-state index contributed by atoms with van der Waals surface area (Å²) in [5.74, 6) is 1.08. The van der Waals surface area contributed by atoms with Crippen LogP contribution in [0.15, 0.2) is 21.3 Å². The lowest BCUT2D eigenvalue weighted by Crippen LogP contribution is -2.27. The van der Waals surface area contributed by atoms with Gasteiger partial charge in [0.2, 0.25) is 0 Å². The van der Waals surface area contributed by atoms with Gasteiger partial charge >= 0.3 is 5.63 Å². The second-order valence-corrected chi connectivity index (χ2v) is 6.23. The lowest BCUT2D eigenvalue weighted by atomic mass is 10.0. The van der Waals surface area contributed by atoms with E-state index in [0.29, 0.717) is 30.3 Å². The predicted octanol–water partition coefficient (Wildman–Crippen LogP) is 2.33. The van der Waals surface area contributed by atoms with Crippen LogP contribution in [0.3, 0.4) is 0 Å². The molecule has 0 aliphatic carbocycles. The van der Waals surface area contributed by atoms with Crippen LogP contribution in [0.4, 0.5) is 0 Å². The maximum absolute atomic E-state index is 11.9. The molecule has 1 aromatic heterocycles. The second-order valence-electron chi connectivity index (χ2n) is 6.23. The first-order chi connectivity index (χ1) is 11.1. The van der Waals surface area contributed by atoms with Crippen LogP contribution >= 0.6 is 0 Å². The largest absolute Gasteiger partial charge is 0.492 e. The van der Waals surface area contributed by atoms with E-state index in [2.05, 4.69) is 5.32 Å². The van der Waals surface area contributed by atoms with Crippen molar-refractivity contribution in [1.29, 1.82) is 0 Å². The average molecular weight is 317 g/mol. The van der Waals surface area contributed by atoms with Gasteiger partial charge in [0.05, 0.1) is 25.2 Å². The van der Waals surface area contributed by atoms with Gasteiger partial charge in [0, 0.05) is 24.6 Å². The molecule has 23 heavy (non-hydrogen) atoms. The lowest BCUT2D eigenvalue weighted by molar-refractivity contribution is 0.102. The van der Waals surface area contributed by atoms with Crippen molar-refractivity contribution in [3.8, 4) is 5.75 Å². The number of aryl methyl sites for hydroxylation is 2. The van der Waals surface area contributed by atoms with Crippen LogP contribution in [0.25, 0.3) is 11.0 Å². The Bertz CT molecular complexity index is 758. The molecule has 0 radical (unpaired) electrons. The summed E-state index contributed by atoms with van der Waals surface area (Å²) in [5.41, 5.74) is 2.86. The highest BCUT2D eigenvalue weighted by molar-refractivity contribution is 5.88. The molecule has 2 heterocycles. The third kappa shape index (κ3) is 3.41. The number of rotatable bonds is 3. The molecule has 1 aliphatic rings. The van der Waals surface area contributed by atoms with Crippen molar-refractivity contribution in [3.63, 3.8) is 0 Å². The van der Waals surface area contributed by atoms with E-state index in [0.717, 1.165) is 42.0 Å². The number of benzene rings is 1. The van der Waals surface area contributed by atoms with Crippen LogP contribution in [0.2, 0.25) is 0 Å². The van der Waals surface area contributed by atoms with Crippen LogP contribution < -0.4 is 15.7 Å². The summed E-state index contributed by atoms with van der Waals surface area (Å²) in [4.78, 5) is 11.9. The Balaban J connectivity index is 1.93. The normalized spacial score (nSPS) is 18.8. The fourth-order valence-corrected chi connectivity index (χ4v) is 2.88. The van der Waals surface area contributed by atoms with Crippen LogP contribution in [-0.2, 0) is 4.74 Å². The standard InChI is InChI=1S/C18H23NO4/c1-11-6-15(22-10-14-8-19-4-5-21-9-14)17-12(2)13(3)18(20)23-16(17)7-11/h6-7,14,19H,4-5,8-10H2,1-3H3. The first-order valence-electron chi connectivity index (χ1n) is 8.02. The van der Waals surface area contributed by atoms with Crippen molar-refractivity contribution in [2.24, 2.45) is 5.92 Å². The molecular formula is C18H23NO4. The minimum absolute atomic E-state index is 0.284. The summed E-state index contributed by atoms with van der Waals surface area (Å²) in [5, 5.41) is 4.23. The highest BCUT2D eigenvalue weighted by Crippen LogP contribution is 2.31. The second kappa shape index (κ2) is 6.72. The van der Waals surface area contributed by atoms with E-state index in [1.807, 2.05) is 26.0 Å². The third-order valence-electron chi connectivity index (χ3n) is 4.34. The summed E-state index contributed by atoms with van der Waals surface area (Å²) in [6.07, 6.45) is 0. The molecule has 0 bridgehead atoms. The topological polar surface area (TPSA) is 60.7 Å². The Morgan fingerprint density at radius 3 is 2.91 bits per heavy atom.